The molecular weight excluding hydrogens is 251 g/mol. The fourth-order valence-electron chi connectivity index (χ4n) is 1.79. The van der Waals surface area contributed by atoms with E-state index in [0.29, 0.717) is 5.56 Å². The molecule has 0 heterocycles. The summed E-state index contributed by atoms with van der Waals surface area (Å²) in [6.45, 7) is 3.24. The fourth-order valence-corrected chi connectivity index (χ4v) is 1.79. The van der Waals surface area contributed by atoms with Crippen molar-refractivity contribution >= 4 is 11.6 Å². The first kappa shape index (κ1) is 15.4. The summed E-state index contributed by atoms with van der Waals surface area (Å²) < 4.78 is 13.3. The van der Waals surface area contributed by atoms with Crippen LogP contribution in [0, 0.1) is 12.7 Å². The number of nitrogens with two attached hydrogens (primary N) is 1. The molecule has 19 heavy (non-hydrogen) atoms. The number of amides is 1. The van der Waals surface area contributed by atoms with Crippen LogP contribution in [0.25, 0.3) is 0 Å². The molecule has 0 aliphatic carbocycles. The van der Waals surface area contributed by atoms with E-state index in [4.69, 9.17) is 5.73 Å². The molecule has 1 amide bonds. The predicted octanol–water partition coefficient (Wildman–Crippen LogP) is 0.637. The van der Waals surface area contributed by atoms with E-state index in [9.17, 15) is 19.4 Å². The summed E-state index contributed by atoms with van der Waals surface area (Å²) in [4.78, 5) is 10.7. The number of halogens is 1. The number of hydrogen-bond acceptors (Lipinski definition) is 4. The lowest BCUT2D eigenvalue weighted by atomic mass is 9.96. The van der Waals surface area contributed by atoms with Crippen LogP contribution in [0.4, 0.5) is 10.1 Å². The lowest BCUT2D eigenvalue weighted by Crippen LogP contribution is -2.28. The zero-order chi connectivity index (χ0) is 14.6. The van der Waals surface area contributed by atoms with Crippen LogP contribution in [0.2, 0.25) is 0 Å². The molecule has 0 bridgehead atoms. The Morgan fingerprint density at radius 3 is 2.68 bits per heavy atom. The summed E-state index contributed by atoms with van der Waals surface area (Å²) >= 11 is 0. The van der Waals surface area contributed by atoms with E-state index in [1.54, 1.807) is 6.92 Å². The van der Waals surface area contributed by atoms with Gasteiger partial charge in [0.05, 0.1) is 6.10 Å². The summed E-state index contributed by atoms with van der Waals surface area (Å²) in [5.41, 5.74) is 6.63. The third-order valence-electron chi connectivity index (χ3n) is 2.95. The molecule has 1 aromatic carbocycles. The smallest absolute Gasteiger partial charge is 0.216 e. The molecular formula is C13H19FN2O3. The van der Waals surface area contributed by atoms with Gasteiger partial charge in [0.25, 0.3) is 0 Å². The van der Waals surface area contributed by atoms with Crippen LogP contribution in [0.15, 0.2) is 12.1 Å². The van der Waals surface area contributed by atoms with Crippen molar-refractivity contribution in [2.75, 3.05) is 12.3 Å². The third kappa shape index (κ3) is 4.18. The van der Waals surface area contributed by atoms with Gasteiger partial charge in [-0.1, -0.05) is 0 Å². The number of aliphatic hydroxyl groups excluding tert-OH is 2. The number of benzene rings is 1. The second-order valence-corrected chi connectivity index (χ2v) is 4.49. The van der Waals surface area contributed by atoms with Crippen molar-refractivity contribution in [1.82, 2.24) is 5.32 Å². The topological polar surface area (TPSA) is 95.6 Å². The van der Waals surface area contributed by atoms with Crippen molar-refractivity contribution in [2.45, 2.75) is 32.5 Å². The maximum atomic E-state index is 13.3. The molecule has 1 rings (SSSR count). The number of rotatable bonds is 5. The van der Waals surface area contributed by atoms with E-state index in [0.717, 1.165) is 12.1 Å². The van der Waals surface area contributed by atoms with Crippen molar-refractivity contribution in [1.29, 1.82) is 0 Å². The van der Waals surface area contributed by atoms with E-state index in [-0.39, 0.29) is 30.1 Å². The van der Waals surface area contributed by atoms with Crippen molar-refractivity contribution in [3.63, 3.8) is 0 Å². The lowest BCUT2D eigenvalue weighted by molar-refractivity contribution is -0.119. The van der Waals surface area contributed by atoms with Gasteiger partial charge in [-0.3, -0.25) is 4.79 Å². The highest BCUT2D eigenvalue weighted by Gasteiger charge is 2.21. The second kappa shape index (κ2) is 6.49. The van der Waals surface area contributed by atoms with Crippen molar-refractivity contribution in [3.8, 4) is 0 Å². The highest BCUT2D eigenvalue weighted by atomic mass is 19.1. The fraction of sp³-hybridized carbons (Fsp3) is 0.462. The van der Waals surface area contributed by atoms with Crippen molar-refractivity contribution in [2.24, 2.45) is 0 Å². The Labute approximate surface area is 111 Å². The predicted molar refractivity (Wildman–Crippen MR) is 69.8 cm³/mol. The first-order valence-electron chi connectivity index (χ1n) is 5.99. The highest BCUT2D eigenvalue weighted by Crippen LogP contribution is 2.27. The minimum Gasteiger partial charge on any atom is -0.398 e. The number of nitrogens with one attached hydrogen (secondary N) is 1. The standard InChI is InChI=1S/C13H19FN2O3/c1-7-10(5-9(14)6-11(7)15)13(19)12(18)3-4-16-8(2)17/h5-6,12-13,18-19H,3-4,15H2,1-2H3,(H,16,17). The Morgan fingerprint density at radius 2 is 2.11 bits per heavy atom. The zero-order valence-corrected chi connectivity index (χ0v) is 11.0. The van der Waals surface area contributed by atoms with E-state index < -0.39 is 18.0 Å². The Kier molecular flexibility index (Phi) is 5.26. The summed E-state index contributed by atoms with van der Waals surface area (Å²) in [5, 5.41) is 22.3. The molecule has 1 aromatic rings. The first-order chi connectivity index (χ1) is 8.82. The van der Waals surface area contributed by atoms with Gasteiger partial charge in [-0.25, -0.2) is 4.39 Å². The molecule has 5 nitrogen and oxygen atoms in total. The maximum Gasteiger partial charge on any atom is 0.216 e. The number of nitrogen functional groups attached to an aromatic ring is 1. The molecule has 0 aliphatic heterocycles. The molecule has 0 saturated carbocycles. The summed E-state index contributed by atoms with van der Waals surface area (Å²) in [6, 6.07) is 2.31. The normalized spacial score (nSPS) is 13.9. The average molecular weight is 270 g/mol. The minimum absolute atomic E-state index is 0.163. The largest absolute Gasteiger partial charge is 0.398 e. The molecule has 0 aromatic heterocycles. The number of carbonyl (C=O) groups excluding carboxylic acids is 1. The first-order valence-corrected chi connectivity index (χ1v) is 5.99. The van der Waals surface area contributed by atoms with Gasteiger partial charge in [-0.05, 0) is 36.6 Å². The summed E-state index contributed by atoms with van der Waals surface area (Å²) in [7, 11) is 0. The molecule has 0 saturated heterocycles. The second-order valence-electron chi connectivity index (χ2n) is 4.49. The van der Waals surface area contributed by atoms with Crippen LogP contribution in [-0.4, -0.2) is 28.8 Å². The number of carbonyl (C=O) groups is 1. The van der Waals surface area contributed by atoms with Gasteiger partial charge in [0.1, 0.15) is 11.9 Å². The van der Waals surface area contributed by atoms with Gasteiger partial charge >= 0.3 is 0 Å². The quantitative estimate of drug-likeness (QED) is 0.590. The van der Waals surface area contributed by atoms with Crippen LogP contribution in [-0.2, 0) is 4.79 Å². The zero-order valence-electron chi connectivity index (χ0n) is 11.0. The van der Waals surface area contributed by atoms with Gasteiger partial charge in [0.2, 0.25) is 5.91 Å². The molecule has 106 valence electrons. The number of aliphatic hydroxyl groups is 2. The van der Waals surface area contributed by atoms with Gasteiger partial charge < -0.3 is 21.3 Å². The Hall–Kier alpha value is -1.66. The van der Waals surface area contributed by atoms with E-state index in [2.05, 4.69) is 5.32 Å². The number of hydrogen-bond donors (Lipinski definition) is 4. The van der Waals surface area contributed by atoms with E-state index in [1.165, 1.54) is 6.92 Å². The van der Waals surface area contributed by atoms with Gasteiger partial charge in [0.15, 0.2) is 0 Å². The van der Waals surface area contributed by atoms with Crippen LogP contribution in [0.1, 0.15) is 30.6 Å². The van der Waals surface area contributed by atoms with E-state index >= 15 is 0 Å². The Bertz CT molecular complexity index is 465. The van der Waals surface area contributed by atoms with Gasteiger partial charge in [0, 0.05) is 19.2 Å². The molecule has 2 unspecified atom stereocenters. The van der Waals surface area contributed by atoms with Crippen molar-refractivity contribution in [3.05, 3.63) is 29.1 Å². The molecule has 0 radical (unpaired) electrons. The third-order valence-corrected chi connectivity index (χ3v) is 2.95. The monoisotopic (exact) mass is 270 g/mol. The van der Waals surface area contributed by atoms with Crippen molar-refractivity contribution < 1.29 is 19.4 Å². The Balaban J connectivity index is 2.76. The van der Waals surface area contributed by atoms with Gasteiger partial charge in [-0.15, -0.1) is 0 Å². The molecule has 6 heteroatoms. The molecule has 0 aliphatic rings. The summed E-state index contributed by atoms with van der Waals surface area (Å²) in [5.74, 6) is -0.779. The van der Waals surface area contributed by atoms with Crippen LogP contribution in [0.5, 0.6) is 0 Å². The van der Waals surface area contributed by atoms with Crippen LogP contribution in [0.3, 0.4) is 0 Å². The SMILES string of the molecule is CC(=O)NCCC(O)C(O)c1cc(F)cc(N)c1C. The number of anilines is 1. The highest BCUT2D eigenvalue weighted by molar-refractivity contribution is 5.72. The molecule has 0 spiro atoms. The maximum absolute atomic E-state index is 13.3. The molecule has 0 fully saturated rings. The van der Waals surface area contributed by atoms with Crippen LogP contribution >= 0.6 is 0 Å². The Morgan fingerprint density at radius 1 is 1.47 bits per heavy atom. The van der Waals surface area contributed by atoms with E-state index in [1.807, 2.05) is 0 Å². The van der Waals surface area contributed by atoms with Gasteiger partial charge in [-0.2, -0.15) is 0 Å². The molecule has 5 N–H and O–H groups in total. The minimum atomic E-state index is -1.24. The average Bonchev–Trinajstić information content (AvgIpc) is 2.32. The molecule has 2 atom stereocenters. The van der Waals surface area contributed by atoms with Crippen LogP contribution < -0.4 is 11.1 Å². The lowest BCUT2D eigenvalue weighted by Gasteiger charge is -2.21. The summed E-state index contributed by atoms with van der Waals surface area (Å²) in [6.07, 6.45) is -2.19.